The molecule has 6 nitrogen and oxygen atoms in total. The summed E-state index contributed by atoms with van der Waals surface area (Å²) in [7, 11) is 0. The van der Waals surface area contributed by atoms with Crippen molar-refractivity contribution in [2.24, 2.45) is 5.92 Å². The van der Waals surface area contributed by atoms with Gasteiger partial charge in [-0.25, -0.2) is 9.48 Å². The smallest absolute Gasteiger partial charge is 0.344 e. The van der Waals surface area contributed by atoms with E-state index in [1.165, 1.54) is 4.68 Å². The number of aromatic amines is 1. The molecule has 112 valence electrons. The zero-order valence-corrected chi connectivity index (χ0v) is 12.2. The fourth-order valence-electron chi connectivity index (χ4n) is 1.77. The predicted molar refractivity (Wildman–Crippen MR) is 79.3 cm³/mol. The quantitative estimate of drug-likeness (QED) is 0.875. The molecule has 1 aromatic heterocycles. The molecule has 0 saturated carbocycles. The fraction of sp³-hybridized carbons (Fsp3) is 0.400. The van der Waals surface area contributed by atoms with Crippen molar-refractivity contribution in [2.45, 2.75) is 33.4 Å². The van der Waals surface area contributed by atoms with E-state index in [4.69, 9.17) is 4.74 Å². The molecule has 2 aromatic rings. The molecule has 2 rings (SSSR count). The summed E-state index contributed by atoms with van der Waals surface area (Å²) in [5.74, 6) is 0.363. The third kappa shape index (κ3) is 4.30. The van der Waals surface area contributed by atoms with Crippen LogP contribution in [0, 0.1) is 5.92 Å². The second-order valence-corrected chi connectivity index (χ2v) is 5.24. The first kappa shape index (κ1) is 15.0. The number of ether oxygens (including phenoxy) is 1. The summed E-state index contributed by atoms with van der Waals surface area (Å²) < 4.78 is 6.65. The van der Waals surface area contributed by atoms with Crippen molar-refractivity contribution in [1.82, 2.24) is 14.8 Å². The van der Waals surface area contributed by atoms with Crippen LogP contribution in [0.15, 0.2) is 39.9 Å². The maximum Gasteiger partial charge on any atom is 0.344 e. The van der Waals surface area contributed by atoms with Gasteiger partial charge in [-0.2, -0.15) is 0 Å². The molecule has 1 aromatic carbocycles. The van der Waals surface area contributed by atoms with Crippen molar-refractivity contribution in [3.8, 4) is 5.88 Å². The van der Waals surface area contributed by atoms with Gasteiger partial charge < -0.3 is 4.74 Å². The van der Waals surface area contributed by atoms with Crippen LogP contribution in [0.3, 0.4) is 0 Å². The van der Waals surface area contributed by atoms with Crippen molar-refractivity contribution in [1.29, 1.82) is 0 Å². The van der Waals surface area contributed by atoms with Crippen LogP contribution in [0.5, 0.6) is 5.88 Å². The second-order valence-electron chi connectivity index (χ2n) is 5.24. The zero-order valence-electron chi connectivity index (χ0n) is 12.2. The number of hydrogen-bond donors (Lipinski definition) is 1. The zero-order chi connectivity index (χ0) is 15.2. The summed E-state index contributed by atoms with van der Waals surface area (Å²) >= 11 is 0. The van der Waals surface area contributed by atoms with Crippen LogP contribution in [0.25, 0.3) is 0 Å². The minimum absolute atomic E-state index is 0.0813. The van der Waals surface area contributed by atoms with E-state index in [0.717, 1.165) is 12.0 Å². The van der Waals surface area contributed by atoms with Crippen LogP contribution in [0.1, 0.15) is 25.8 Å². The number of H-pyrrole nitrogens is 1. The van der Waals surface area contributed by atoms with Crippen molar-refractivity contribution in [3.05, 3.63) is 56.7 Å². The normalized spacial score (nSPS) is 10.8. The Morgan fingerprint density at radius 1 is 1.24 bits per heavy atom. The Labute approximate surface area is 122 Å². The van der Waals surface area contributed by atoms with E-state index in [1.807, 2.05) is 30.3 Å². The van der Waals surface area contributed by atoms with E-state index in [-0.39, 0.29) is 12.5 Å². The molecule has 0 fully saturated rings. The molecule has 0 amide bonds. The molecule has 1 N–H and O–H groups in total. The highest BCUT2D eigenvalue weighted by Crippen LogP contribution is 2.04. The van der Waals surface area contributed by atoms with Crippen LogP contribution < -0.4 is 16.0 Å². The van der Waals surface area contributed by atoms with E-state index < -0.39 is 11.2 Å². The molecule has 6 heteroatoms. The van der Waals surface area contributed by atoms with E-state index in [1.54, 1.807) is 0 Å². The first-order valence-electron chi connectivity index (χ1n) is 6.94. The second kappa shape index (κ2) is 6.88. The molecule has 0 aliphatic rings. The lowest BCUT2D eigenvalue weighted by molar-refractivity contribution is 0.274. The van der Waals surface area contributed by atoms with Crippen LogP contribution in [0.2, 0.25) is 0 Å². The van der Waals surface area contributed by atoms with Gasteiger partial charge in [-0.15, -0.1) is 5.10 Å². The number of aromatic nitrogens is 3. The first-order chi connectivity index (χ1) is 10.1. The summed E-state index contributed by atoms with van der Waals surface area (Å²) in [4.78, 5) is 25.6. The van der Waals surface area contributed by atoms with Gasteiger partial charge in [-0.05, 0) is 17.9 Å². The molecule has 0 bridgehead atoms. The highest BCUT2D eigenvalue weighted by molar-refractivity contribution is 5.14. The number of nitrogens with one attached hydrogen (secondary N) is 1. The number of rotatable bonds is 6. The standard InChI is InChI=1S/C15H19N3O3/c1-11(2)8-9-18-15(20)16-13(19)14(17-18)21-10-12-6-4-3-5-7-12/h3-7,11H,8-10H2,1-2H3,(H,16,19,20). The Morgan fingerprint density at radius 2 is 1.95 bits per heavy atom. The van der Waals surface area contributed by atoms with Crippen molar-refractivity contribution in [3.63, 3.8) is 0 Å². The monoisotopic (exact) mass is 289 g/mol. The van der Waals surface area contributed by atoms with Gasteiger partial charge in [-0.3, -0.25) is 9.78 Å². The van der Waals surface area contributed by atoms with Crippen LogP contribution in [0.4, 0.5) is 0 Å². The Bertz CT molecular complexity index is 689. The number of nitrogens with zero attached hydrogens (tertiary/aromatic N) is 2. The Kier molecular flexibility index (Phi) is 4.92. The van der Waals surface area contributed by atoms with Gasteiger partial charge in [0, 0.05) is 6.54 Å². The van der Waals surface area contributed by atoms with Crippen molar-refractivity contribution in [2.75, 3.05) is 0 Å². The summed E-state index contributed by atoms with van der Waals surface area (Å²) in [6, 6.07) is 9.46. The maximum absolute atomic E-state index is 11.7. The predicted octanol–water partition coefficient (Wildman–Crippen LogP) is 1.56. The molecule has 0 aliphatic carbocycles. The van der Waals surface area contributed by atoms with Crippen LogP contribution in [-0.2, 0) is 13.2 Å². The lowest BCUT2D eigenvalue weighted by atomic mass is 10.1. The summed E-state index contributed by atoms with van der Waals surface area (Å²) in [5, 5.41) is 4.00. The van der Waals surface area contributed by atoms with Gasteiger partial charge >= 0.3 is 11.2 Å². The molecular weight excluding hydrogens is 270 g/mol. The maximum atomic E-state index is 11.7. The van der Waals surface area contributed by atoms with Gasteiger partial charge in [0.25, 0.3) is 5.88 Å². The lowest BCUT2D eigenvalue weighted by Crippen LogP contribution is -2.33. The molecule has 0 atom stereocenters. The third-order valence-electron chi connectivity index (χ3n) is 3.00. The molecule has 21 heavy (non-hydrogen) atoms. The Morgan fingerprint density at radius 3 is 2.62 bits per heavy atom. The highest BCUT2D eigenvalue weighted by Gasteiger charge is 2.08. The fourth-order valence-corrected chi connectivity index (χ4v) is 1.77. The average molecular weight is 289 g/mol. The topological polar surface area (TPSA) is 77.0 Å². The van der Waals surface area contributed by atoms with E-state index in [9.17, 15) is 9.59 Å². The Balaban J connectivity index is 2.13. The minimum atomic E-state index is -0.600. The van der Waals surface area contributed by atoms with E-state index in [2.05, 4.69) is 23.9 Å². The SMILES string of the molecule is CC(C)CCn1nc(OCc2ccccc2)c(=O)[nH]c1=O. The van der Waals surface area contributed by atoms with Gasteiger partial charge in [-0.1, -0.05) is 44.2 Å². The molecule has 0 aliphatic heterocycles. The van der Waals surface area contributed by atoms with Gasteiger partial charge in [0.15, 0.2) is 0 Å². The average Bonchev–Trinajstić information content (AvgIpc) is 2.46. The molecule has 0 spiro atoms. The molecular formula is C15H19N3O3. The Hall–Kier alpha value is -2.37. The van der Waals surface area contributed by atoms with Gasteiger partial charge in [0.05, 0.1) is 0 Å². The van der Waals surface area contributed by atoms with Crippen LogP contribution in [-0.4, -0.2) is 14.8 Å². The third-order valence-corrected chi connectivity index (χ3v) is 3.00. The van der Waals surface area contributed by atoms with Crippen molar-refractivity contribution >= 4 is 0 Å². The van der Waals surface area contributed by atoms with E-state index >= 15 is 0 Å². The minimum Gasteiger partial charge on any atom is -0.468 e. The molecule has 0 unspecified atom stereocenters. The lowest BCUT2D eigenvalue weighted by Gasteiger charge is -2.09. The van der Waals surface area contributed by atoms with E-state index in [0.29, 0.717) is 12.5 Å². The number of benzene rings is 1. The molecule has 1 heterocycles. The number of aryl methyl sites for hydroxylation is 1. The van der Waals surface area contributed by atoms with Gasteiger partial charge in [0.1, 0.15) is 6.61 Å². The highest BCUT2D eigenvalue weighted by atomic mass is 16.5. The van der Waals surface area contributed by atoms with Crippen LogP contribution >= 0.6 is 0 Å². The largest absolute Gasteiger partial charge is 0.468 e. The van der Waals surface area contributed by atoms with Gasteiger partial charge in [0.2, 0.25) is 0 Å². The van der Waals surface area contributed by atoms with Crippen molar-refractivity contribution < 1.29 is 4.74 Å². The number of hydrogen-bond acceptors (Lipinski definition) is 4. The molecule has 0 radical (unpaired) electrons. The molecule has 0 saturated heterocycles. The summed E-state index contributed by atoms with van der Waals surface area (Å²) in [5.41, 5.74) is -0.178. The summed E-state index contributed by atoms with van der Waals surface area (Å²) in [6.45, 7) is 4.81. The first-order valence-corrected chi connectivity index (χ1v) is 6.94. The summed E-state index contributed by atoms with van der Waals surface area (Å²) in [6.07, 6.45) is 0.803.